The molecule has 2 rings (SSSR count). The van der Waals surface area contributed by atoms with E-state index in [-0.39, 0.29) is 0 Å². The second kappa shape index (κ2) is 4.86. The van der Waals surface area contributed by atoms with Gasteiger partial charge in [-0.3, -0.25) is 0 Å². The average Bonchev–Trinajstić information content (AvgIpc) is 2.30. The number of aryl methyl sites for hydroxylation is 1. The molecule has 0 aliphatic rings. The van der Waals surface area contributed by atoms with Crippen molar-refractivity contribution in [3.8, 4) is 0 Å². The van der Waals surface area contributed by atoms with E-state index in [2.05, 4.69) is 16.0 Å². The summed E-state index contributed by atoms with van der Waals surface area (Å²) in [6.07, 6.45) is 3.11. The fourth-order valence-electron chi connectivity index (χ4n) is 1.66. The van der Waals surface area contributed by atoms with E-state index in [0.717, 1.165) is 5.56 Å². The molecule has 0 amide bonds. The van der Waals surface area contributed by atoms with Gasteiger partial charge in [-0.15, -0.1) is 0 Å². The SMILES string of the molecule is Cc1cccc(CC(O)c2ccncn2)c1. The number of aliphatic hydroxyl groups excluding tert-OH is 1. The molecule has 16 heavy (non-hydrogen) atoms. The van der Waals surface area contributed by atoms with Crippen LogP contribution in [0.5, 0.6) is 0 Å². The quantitative estimate of drug-likeness (QED) is 0.850. The molecule has 1 N–H and O–H groups in total. The monoisotopic (exact) mass is 214 g/mol. The highest BCUT2D eigenvalue weighted by Gasteiger charge is 2.09. The Morgan fingerprint density at radius 1 is 1.31 bits per heavy atom. The third-order valence-corrected chi connectivity index (χ3v) is 2.46. The third kappa shape index (κ3) is 2.64. The molecular weight excluding hydrogens is 200 g/mol. The van der Waals surface area contributed by atoms with E-state index in [1.807, 2.05) is 25.1 Å². The minimum Gasteiger partial charge on any atom is -0.386 e. The van der Waals surface area contributed by atoms with Crippen molar-refractivity contribution < 1.29 is 5.11 Å². The molecule has 3 nitrogen and oxygen atoms in total. The van der Waals surface area contributed by atoms with Crippen LogP contribution in [0.15, 0.2) is 42.9 Å². The highest BCUT2D eigenvalue weighted by Crippen LogP contribution is 2.16. The largest absolute Gasteiger partial charge is 0.386 e. The van der Waals surface area contributed by atoms with Gasteiger partial charge in [-0.25, -0.2) is 9.97 Å². The molecule has 1 atom stereocenters. The summed E-state index contributed by atoms with van der Waals surface area (Å²) >= 11 is 0. The molecule has 0 fully saturated rings. The van der Waals surface area contributed by atoms with E-state index < -0.39 is 6.10 Å². The van der Waals surface area contributed by atoms with Gasteiger partial charge < -0.3 is 5.11 Å². The molecule has 1 aromatic heterocycles. The predicted octanol–water partition coefficient (Wildman–Crippen LogP) is 2.06. The number of aliphatic hydroxyl groups is 1. The number of benzene rings is 1. The lowest BCUT2D eigenvalue weighted by Gasteiger charge is -2.09. The Kier molecular flexibility index (Phi) is 3.27. The maximum absolute atomic E-state index is 9.97. The van der Waals surface area contributed by atoms with Gasteiger partial charge in [0.1, 0.15) is 12.4 Å². The van der Waals surface area contributed by atoms with Crippen molar-refractivity contribution >= 4 is 0 Å². The number of nitrogens with zero attached hydrogens (tertiary/aromatic N) is 2. The molecule has 0 radical (unpaired) electrons. The lowest BCUT2D eigenvalue weighted by atomic mass is 10.0. The fourth-order valence-corrected chi connectivity index (χ4v) is 1.66. The van der Waals surface area contributed by atoms with Crippen LogP contribution in [0.2, 0.25) is 0 Å². The lowest BCUT2D eigenvalue weighted by Crippen LogP contribution is -2.04. The van der Waals surface area contributed by atoms with Gasteiger partial charge in [-0.2, -0.15) is 0 Å². The Bertz CT molecular complexity index is 456. The van der Waals surface area contributed by atoms with E-state index in [1.165, 1.54) is 11.9 Å². The smallest absolute Gasteiger partial charge is 0.115 e. The molecule has 1 unspecified atom stereocenters. The Balaban J connectivity index is 2.11. The first kappa shape index (κ1) is 10.8. The lowest BCUT2D eigenvalue weighted by molar-refractivity contribution is 0.173. The van der Waals surface area contributed by atoms with Crippen molar-refractivity contribution in [1.29, 1.82) is 0 Å². The van der Waals surface area contributed by atoms with Crippen LogP contribution in [-0.4, -0.2) is 15.1 Å². The highest BCUT2D eigenvalue weighted by molar-refractivity contribution is 5.23. The van der Waals surface area contributed by atoms with Crippen molar-refractivity contribution in [2.75, 3.05) is 0 Å². The Hall–Kier alpha value is -1.74. The minimum atomic E-state index is -0.565. The molecule has 3 heteroatoms. The van der Waals surface area contributed by atoms with Gasteiger partial charge in [0.15, 0.2) is 0 Å². The zero-order chi connectivity index (χ0) is 11.4. The number of rotatable bonds is 3. The molecule has 0 saturated heterocycles. The van der Waals surface area contributed by atoms with Gasteiger partial charge in [-0.05, 0) is 18.6 Å². The van der Waals surface area contributed by atoms with Gasteiger partial charge in [0.2, 0.25) is 0 Å². The summed E-state index contributed by atoms with van der Waals surface area (Å²) in [4.78, 5) is 7.86. The van der Waals surface area contributed by atoms with Gasteiger partial charge in [0.05, 0.1) is 5.69 Å². The molecular formula is C13H14N2O. The maximum atomic E-state index is 9.97. The molecule has 2 aromatic rings. The summed E-state index contributed by atoms with van der Waals surface area (Å²) in [7, 11) is 0. The van der Waals surface area contributed by atoms with Gasteiger partial charge >= 0.3 is 0 Å². The topological polar surface area (TPSA) is 46.0 Å². The van der Waals surface area contributed by atoms with E-state index in [9.17, 15) is 5.11 Å². The van der Waals surface area contributed by atoms with Crippen LogP contribution in [0.4, 0.5) is 0 Å². The summed E-state index contributed by atoms with van der Waals surface area (Å²) < 4.78 is 0. The first-order valence-electron chi connectivity index (χ1n) is 5.25. The van der Waals surface area contributed by atoms with Crippen LogP contribution in [-0.2, 0) is 6.42 Å². The molecule has 0 bridgehead atoms. The molecule has 82 valence electrons. The predicted molar refractivity (Wildman–Crippen MR) is 61.9 cm³/mol. The molecule has 1 heterocycles. The van der Waals surface area contributed by atoms with Crippen LogP contribution in [0, 0.1) is 6.92 Å². The zero-order valence-electron chi connectivity index (χ0n) is 9.17. The van der Waals surface area contributed by atoms with E-state index >= 15 is 0 Å². The van der Waals surface area contributed by atoms with E-state index in [4.69, 9.17) is 0 Å². The first-order valence-corrected chi connectivity index (χ1v) is 5.25. The molecule has 0 saturated carbocycles. The van der Waals surface area contributed by atoms with Crippen LogP contribution in [0.1, 0.15) is 22.9 Å². The third-order valence-electron chi connectivity index (χ3n) is 2.46. The van der Waals surface area contributed by atoms with Crippen molar-refractivity contribution in [3.05, 3.63) is 59.7 Å². The first-order chi connectivity index (χ1) is 7.75. The fraction of sp³-hybridized carbons (Fsp3) is 0.231. The van der Waals surface area contributed by atoms with Crippen molar-refractivity contribution in [2.24, 2.45) is 0 Å². The number of aromatic nitrogens is 2. The van der Waals surface area contributed by atoms with E-state index in [1.54, 1.807) is 12.3 Å². The van der Waals surface area contributed by atoms with Crippen LogP contribution >= 0.6 is 0 Å². The van der Waals surface area contributed by atoms with Crippen LogP contribution < -0.4 is 0 Å². The van der Waals surface area contributed by atoms with Crippen LogP contribution in [0.3, 0.4) is 0 Å². The summed E-state index contributed by atoms with van der Waals surface area (Å²) in [5, 5.41) is 9.97. The van der Waals surface area contributed by atoms with Crippen molar-refractivity contribution in [3.63, 3.8) is 0 Å². The average molecular weight is 214 g/mol. The standard InChI is InChI=1S/C13H14N2O/c1-10-3-2-4-11(7-10)8-13(16)12-5-6-14-9-15-12/h2-7,9,13,16H,8H2,1H3. The zero-order valence-corrected chi connectivity index (χ0v) is 9.17. The molecule has 1 aromatic carbocycles. The number of hydrogen-bond acceptors (Lipinski definition) is 3. The Morgan fingerprint density at radius 3 is 2.88 bits per heavy atom. The Morgan fingerprint density at radius 2 is 2.19 bits per heavy atom. The Labute approximate surface area is 94.8 Å². The maximum Gasteiger partial charge on any atom is 0.115 e. The van der Waals surface area contributed by atoms with Gasteiger partial charge in [-0.1, -0.05) is 29.8 Å². The van der Waals surface area contributed by atoms with E-state index in [0.29, 0.717) is 12.1 Å². The molecule has 0 aliphatic carbocycles. The van der Waals surface area contributed by atoms with Crippen molar-refractivity contribution in [2.45, 2.75) is 19.4 Å². The molecule has 0 aliphatic heterocycles. The summed E-state index contributed by atoms with van der Waals surface area (Å²) in [6.45, 7) is 2.04. The second-order valence-electron chi connectivity index (χ2n) is 3.84. The second-order valence-corrected chi connectivity index (χ2v) is 3.84. The summed E-state index contributed by atoms with van der Waals surface area (Å²) in [6, 6.07) is 9.86. The highest BCUT2D eigenvalue weighted by atomic mass is 16.3. The van der Waals surface area contributed by atoms with Crippen LogP contribution in [0.25, 0.3) is 0 Å². The minimum absolute atomic E-state index is 0.565. The molecule has 0 spiro atoms. The van der Waals surface area contributed by atoms with Gasteiger partial charge in [0.25, 0.3) is 0 Å². The van der Waals surface area contributed by atoms with Gasteiger partial charge in [0, 0.05) is 12.6 Å². The summed E-state index contributed by atoms with van der Waals surface area (Å²) in [5.74, 6) is 0. The van der Waals surface area contributed by atoms with Crippen molar-refractivity contribution in [1.82, 2.24) is 9.97 Å². The number of hydrogen-bond donors (Lipinski definition) is 1. The summed E-state index contributed by atoms with van der Waals surface area (Å²) in [5.41, 5.74) is 2.98. The normalized spacial score (nSPS) is 12.4.